The molecule has 0 unspecified atom stereocenters. The van der Waals surface area contributed by atoms with Crippen LogP contribution in [-0.2, 0) is 20.0 Å². The number of hydrogen-bond donors (Lipinski definition) is 2. The molecular weight excluding hydrogens is 300 g/mol. The predicted octanol–water partition coefficient (Wildman–Crippen LogP) is 0.623. The number of sulfonamides is 2. The number of hydrogen-bond acceptors (Lipinski definition) is 4. The molecule has 0 saturated heterocycles. The number of primary sulfonamides is 1. The minimum absolute atomic E-state index is 0.0523. The van der Waals surface area contributed by atoms with Crippen LogP contribution in [0.1, 0.15) is 5.56 Å². The lowest BCUT2D eigenvalue weighted by Crippen LogP contribution is -2.19. The van der Waals surface area contributed by atoms with E-state index in [1.54, 1.807) is 6.92 Å². The van der Waals surface area contributed by atoms with Crippen LogP contribution in [0.25, 0.3) is 0 Å². The molecule has 0 fully saturated rings. The topological polar surface area (TPSA) is 106 Å². The minimum Gasteiger partial charge on any atom is -0.283 e. The lowest BCUT2D eigenvalue weighted by Gasteiger charge is -2.09. The number of nitrogens with two attached hydrogens (primary N) is 1. The van der Waals surface area contributed by atoms with Crippen LogP contribution in [0.15, 0.2) is 23.1 Å². The number of nitrogens with one attached hydrogen (secondary N) is 1. The maximum atomic E-state index is 11.5. The lowest BCUT2D eigenvalue weighted by atomic mass is 10.2. The molecule has 9 heteroatoms. The third-order valence-corrected chi connectivity index (χ3v) is 4.87. The lowest BCUT2D eigenvalue weighted by molar-refractivity contribution is 0.596. The third kappa shape index (κ3) is 4.13. The van der Waals surface area contributed by atoms with E-state index in [0.717, 1.165) is 0 Å². The van der Waals surface area contributed by atoms with Gasteiger partial charge >= 0.3 is 0 Å². The molecule has 0 atom stereocenters. The molecule has 102 valence electrons. The van der Waals surface area contributed by atoms with Crippen LogP contribution in [0.2, 0.25) is 0 Å². The van der Waals surface area contributed by atoms with E-state index in [-0.39, 0.29) is 22.2 Å². The first kappa shape index (κ1) is 15.2. The number of aryl methyl sites for hydroxylation is 1. The SMILES string of the molecule is Cc1ccc(NS(=O)(=O)CCCl)cc1S(N)(=O)=O. The van der Waals surface area contributed by atoms with E-state index in [1.165, 1.54) is 18.2 Å². The number of anilines is 1. The second-order valence-corrected chi connectivity index (χ2v) is 7.38. The Hall–Kier alpha value is -0.830. The molecule has 0 aliphatic rings. The highest BCUT2D eigenvalue weighted by atomic mass is 35.5. The van der Waals surface area contributed by atoms with Crippen LogP contribution in [0.4, 0.5) is 5.69 Å². The second kappa shape index (κ2) is 5.43. The van der Waals surface area contributed by atoms with Gasteiger partial charge in [-0.3, -0.25) is 4.72 Å². The molecule has 0 amide bonds. The van der Waals surface area contributed by atoms with E-state index in [1.807, 2.05) is 0 Å². The highest BCUT2D eigenvalue weighted by Gasteiger charge is 2.15. The molecule has 0 bridgehead atoms. The molecule has 1 rings (SSSR count). The molecule has 0 heterocycles. The summed E-state index contributed by atoms with van der Waals surface area (Å²) >= 11 is 5.35. The predicted molar refractivity (Wildman–Crippen MR) is 70.7 cm³/mol. The Morgan fingerprint density at radius 1 is 1.28 bits per heavy atom. The highest BCUT2D eigenvalue weighted by molar-refractivity contribution is 7.92. The second-order valence-electron chi connectivity index (χ2n) is 3.64. The molecule has 1 aromatic carbocycles. The van der Waals surface area contributed by atoms with Crippen LogP contribution < -0.4 is 9.86 Å². The summed E-state index contributed by atoms with van der Waals surface area (Å²) in [6, 6.07) is 4.10. The van der Waals surface area contributed by atoms with Gasteiger partial charge in [0, 0.05) is 11.6 Å². The average Bonchev–Trinajstić information content (AvgIpc) is 2.18. The summed E-state index contributed by atoms with van der Waals surface area (Å²) in [5.41, 5.74) is 0.576. The van der Waals surface area contributed by atoms with Gasteiger partial charge in [-0.05, 0) is 24.6 Å². The van der Waals surface area contributed by atoms with E-state index >= 15 is 0 Å². The average molecular weight is 313 g/mol. The quantitative estimate of drug-likeness (QED) is 0.777. The molecule has 1 aromatic rings. The summed E-state index contributed by atoms with van der Waals surface area (Å²) in [7, 11) is -7.46. The Morgan fingerprint density at radius 3 is 2.39 bits per heavy atom. The van der Waals surface area contributed by atoms with E-state index < -0.39 is 20.0 Å². The van der Waals surface area contributed by atoms with Gasteiger partial charge in [-0.25, -0.2) is 22.0 Å². The van der Waals surface area contributed by atoms with Gasteiger partial charge in [-0.2, -0.15) is 0 Å². The van der Waals surface area contributed by atoms with Crippen molar-refractivity contribution < 1.29 is 16.8 Å². The van der Waals surface area contributed by atoms with Gasteiger partial charge in [0.05, 0.1) is 10.6 Å². The van der Waals surface area contributed by atoms with Crippen molar-refractivity contribution in [2.24, 2.45) is 5.14 Å². The fraction of sp³-hybridized carbons (Fsp3) is 0.333. The Bertz CT molecular complexity index is 641. The van der Waals surface area contributed by atoms with Crippen molar-refractivity contribution in [1.82, 2.24) is 0 Å². The molecule has 0 aliphatic carbocycles. The Morgan fingerprint density at radius 2 is 1.89 bits per heavy atom. The van der Waals surface area contributed by atoms with Gasteiger partial charge in [0.15, 0.2) is 0 Å². The first-order chi connectivity index (χ1) is 8.15. The maximum absolute atomic E-state index is 11.5. The summed E-state index contributed by atoms with van der Waals surface area (Å²) in [6.07, 6.45) is 0. The number of benzene rings is 1. The largest absolute Gasteiger partial charge is 0.283 e. The van der Waals surface area contributed by atoms with Crippen molar-refractivity contribution in [3.05, 3.63) is 23.8 Å². The van der Waals surface area contributed by atoms with Gasteiger partial charge in [0.2, 0.25) is 20.0 Å². The fourth-order valence-corrected chi connectivity index (χ4v) is 3.51. The van der Waals surface area contributed by atoms with Crippen molar-refractivity contribution in [3.8, 4) is 0 Å². The fourth-order valence-electron chi connectivity index (χ4n) is 1.30. The van der Waals surface area contributed by atoms with E-state index in [4.69, 9.17) is 16.7 Å². The Labute approximate surface area is 111 Å². The minimum atomic E-state index is -3.88. The number of rotatable bonds is 5. The molecule has 0 aromatic heterocycles. The highest BCUT2D eigenvalue weighted by Crippen LogP contribution is 2.19. The van der Waals surface area contributed by atoms with E-state index in [9.17, 15) is 16.8 Å². The molecular formula is C9H13ClN2O4S2. The number of alkyl halides is 1. The molecule has 18 heavy (non-hydrogen) atoms. The zero-order chi connectivity index (χ0) is 14.0. The number of halogens is 1. The molecule has 0 aliphatic heterocycles. The smallest absolute Gasteiger partial charge is 0.238 e. The third-order valence-electron chi connectivity index (χ3n) is 2.11. The van der Waals surface area contributed by atoms with Crippen molar-refractivity contribution >= 4 is 37.3 Å². The van der Waals surface area contributed by atoms with Gasteiger partial charge in [0.1, 0.15) is 0 Å². The summed E-state index contributed by atoms with van der Waals surface area (Å²) < 4.78 is 47.7. The van der Waals surface area contributed by atoms with Crippen LogP contribution in [-0.4, -0.2) is 28.5 Å². The summed E-state index contributed by atoms with van der Waals surface area (Å²) in [5, 5.41) is 5.02. The first-order valence-corrected chi connectivity index (χ1v) is 8.59. The van der Waals surface area contributed by atoms with Crippen LogP contribution >= 0.6 is 11.6 Å². The van der Waals surface area contributed by atoms with E-state index in [2.05, 4.69) is 4.72 Å². The van der Waals surface area contributed by atoms with Crippen LogP contribution in [0.3, 0.4) is 0 Å². The zero-order valence-corrected chi connectivity index (χ0v) is 11.9. The first-order valence-electron chi connectivity index (χ1n) is 4.85. The molecule has 0 radical (unpaired) electrons. The van der Waals surface area contributed by atoms with Gasteiger partial charge < -0.3 is 0 Å². The molecule has 6 nitrogen and oxygen atoms in total. The molecule has 0 spiro atoms. The van der Waals surface area contributed by atoms with Crippen molar-refractivity contribution in [1.29, 1.82) is 0 Å². The molecule has 0 saturated carbocycles. The molecule has 3 N–H and O–H groups in total. The Kier molecular flexibility index (Phi) is 4.60. The van der Waals surface area contributed by atoms with Crippen LogP contribution in [0, 0.1) is 6.92 Å². The van der Waals surface area contributed by atoms with Gasteiger partial charge in [-0.15, -0.1) is 11.6 Å². The van der Waals surface area contributed by atoms with Gasteiger partial charge in [-0.1, -0.05) is 6.07 Å². The van der Waals surface area contributed by atoms with Crippen molar-refractivity contribution in [2.45, 2.75) is 11.8 Å². The van der Waals surface area contributed by atoms with Crippen molar-refractivity contribution in [2.75, 3.05) is 16.4 Å². The van der Waals surface area contributed by atoms with E-state index in [0.29, 0.717) is 5.56 Å². The maximum Gasteiger partial charge on any atom is 0.238 e. The Balaban J connectivity index is 3.15. The summed E-state index contributed by atoms with van der Waals surface area (Å²) in [5.74, 6) is -0.309. The standard InChI is InChI=1S/C9H13ClN2O4S2/c1-7-2-3-8(6-9(7)18(11,15)16)12-17(13,14)5-4-10/h2-3,6,12H,4-5H2,1H3,(H2,11,15,16). The van der Waals surface area contributed by atoms with Gasteiger partial charge in [0.25, 0.3) is 0 Å². The van der Waals surface area contributed by atoms with Crippen LogP contribution in [0.5, 0.6) is 0 Å². The zero-order valence-electron chi connectivity index (χ0n) is 9.55. The van der Waals surface area contributed by atoms with Crippen molar-refractivity contribution in [3.63, 3.8) is 0 Å². The normalized spacial score (nSPS) is 12.4. The summed E-state index contributed by atoms with van der Waals surface area (Å²) in [4.78, 5) is -0.117. The summed E-state index contributed by atoms with van der Waals surface area (Å²) in [6.45, 7) is 1.57. The monoisotopic (exact) mass is 312 g/mol.